The van der Waals surface area contributed by atoms with Crippen molar-refractivity contribution < 1.29 is 29.1 Å². The number of carbonyl (C=O) groups excluding carboxylic acids is 1. The van der Waals surface area contributed by atoms with Crippen LogP contribution in [-0.2, 0) is 9.26 Å². The lowest BCUT2D eigenvalue weighted by Crippen LogP contribution is -2.38. The van der Waals surface area contributed by atoms with Crippen molar-refractivity contribution in [2.45, 2.75) is 64.8 Å². The van der Waals surface area contributed by atoms with Crippen LogP contribution in [0, 0.1) is 0 Å². The molecule has 0 spiro atoms. The predicted molar refractivity (Wildman–Crippen MR) is 107 cm³/mol. The van der Waals surface area contributed by atoms with Gasteiger partial charge in [-0.3, -0.25) is 0 Å². The number of carbonyl (C=O) groups is 2. The van der Waals surface area contributed by atoms with E-state index in [1.165, 1.54) is 24.3 Å². The van der Waals surface area contributed by atoms with Gasteiger partial charge in [0.15, 0.2) is 0 Å². The quantitative estimate of drug-likeness (QED) is 0.476. The fourth-order valence-corrected chi connectivity index (χ4v) is 5.21. The predicted octanol–water partition coefficient (Wildman–Crippen LogP) is 4.30. The van der Waals surface area contributed by atoms with Gasteiger partial charge in [0.05, 0.1) is 22.3 Å². The zero-order valence-corrected chi connectivity index (χ0v) is 18.1. The van der Waals surface area contributed by atoms with E-state index < -0.39 is 36.9 Å². The van der Waals surface area contributed by atoms with Crippen molar-refractivity contribution in [2.75, 3.05) is 12.8 Å². The summed E-state index contributed by atoms with van der Waals surface area (Å²) < 4.78 is 11.8. The van der Waals surface area contributed by atoms with Gasteiger partial charge in [-0.25, -0.2) is 9.59 Å². The SMILES string of the molecule is CP(CC(C)(C)O)OC(C)(C)CC(C)(C)OC(=O)c1ccc(C(=O)O)cc1. The Labute approximate surface area is 162 Å². The molecule has 0 saturated heterocycles. The Balaban J connectivity index is 2.72. The fraction of sp³-hybridized carbons (Fsp3) is 0.600. The lowest BCUT2D eigenvalue weighted by Gasteiger charge is -2.37. The Kier molecular flexibility index (Phi) is 7.57. The maximum absolute atomic E-state index is 12.4. The minimum atomic E-state index is -1.05. The highest BCUT2D eigenvalue weighted by atomic mass is 31.1. The summed E-state index contributed by atoms with van der Waals surface area (Å²) in [5.74, 6) is -1.56. The summed E-state index contributed by atoms with van der Waals surface area (Å²) in [6.07, 6.45) is 1.03. The first-order valence-corrected chi connectivity index (χ1v) is 10.7. The summed E-state index contributed by atoms with van der Waals surface area (Å²) in [4.78, 5) is 23.3. The Morgan fingerprint density at radius 1 is 0.963 bits per heavy atom. The lowest BCUT2D eigenvalue weighted by atomic mass is 9.92. The molecule has 0 aliphatic carbocycles. The summed E-state index contributed by atoms with van der Waals surface area (Å²) in [6, 6.07) is 5.64. The van der Waals surface area contributed by atoms with Gasteiger partial charge >= 0.3 is 11.9 Å². The third-order valence-corrected chi connectivity index (χ3v) is 5.63. The highest BCUT2D eigenvalue weighted by Crippen LogP contribution is 2.43. The van der Waals surface area contributed by atoms with Crippen LogP contribution < -0.4 is 0 Å². The minimum Gasteiger partial charge on any atom is -0.478 e. The molecule has 6 nitrogen and oxygen atoms in total. The monoisotopic (exact) mass is 398 g/mol. The number of aromatic carboxylic acids is 1. The molecule has 0 fully saturated rings. The average Bonchev–Trinajstić information content (AvgIpc) is 2.42. The zero-order valence-electron chi connectivity index (χ0n) is 17.2. The molecule has 0 aromatic heterocycles. The van der Waals surface area contributed by atoms with Crippen molar-refractivity contribution in [3.63, 3.8) is 0 Å². The summed E-state index contributed by atoms with van der Waals surface area (Å²) in [6.45, 7) is 13.0. The molecule has 27 heavy (non-hydrogen) atoms. The molecule has 1 aromatic carbocycles. The smallest absolute Gasteiger partial charge is 0.338 e. The van der Waals surface area contributed by atoms with Gasteiger partial charge in [-0.1, -0.05) is 0 Å². The van der Waals surface area contributed by atoms with E-state index >= 15 is 0 Å². The third kappa shape index (κ3) is 8.83. The van der Waals surface area contributed by atoms with Crippen LogP contribution in [0.15, 0.2) is 24.3 Å². The van der Waals surface area contributed by atoms with Gasteiger partial charge in [0.25, 0.3) is 0 Å². The van der Waals surface area contributed by atoms with Gasteiger partial charge in [-0.15, -0.1) is 0 Å². The van der Waals surface area contributed by atoms with Crippen molar-refractivity contribution in [3.8, 4) is 0 Å². The molecule has 0 saturated carbocycles. The Morgan fingerprint density at radius 3 is 1.89 bits per heavy atom. The highest BCUT2D eigenvalue weighted by Gasteiger charge is 2.35. The van der Waals surface area contributed by atoms with Gasteiger partial charge in [0.2, 0.25) is 0 Å². The summed E-state index contributed by atoms with van der Waals surface area (Å²) in [7, 11) is -0.830. The van der Waals surface area contributed by atoms with Crippen LogP contribution in [0.3, 0.4) is 0 Å². The first kappa shape index (κ1) is 23.5. The number of ether oxygens (including phenoxy) is 1. The van der Waals surface area contributed by atoms with Crippen molar-refractivity contribution in [2.24, 2.45) is 0 Å². The van der Waals surface area contributed by atoms with E-state index in [2.05, 4.69) is 0 Å². The van der Waals surface area contributed by atoms with E-state index in [1.54, 1.807) is 13.8 Å². The first-order valence-electron chi connectivity index (χ1n) is 8.80. The van der Waals surface area contributed by atoms with Crippen LogP contribution in [0.5, 0.6) is 0 Å². The largest absolute Gasteiger partial charge is 0.478 e. The van der Waals surface area contributed by atoms with Crippen LogP contribution in [0.25, 0.3) is 0 Å². The van der Waals surface area contributed by atoms with Crippen molar-refractivity contribution >= 4 is 20.1 Å². The molecule has 0 aliphatic rings. The van der Waals surface area contributed by atoms with Crippen LogP contribution in [0.2, 0.25) is 0 Å². The standard InChI is InChI=1S/C20H31O6P/c1-18(2,24)13-27(7)26-20(5,6)12-19(3,4)25-17(23)15-10-8-14(9-11-15)16(21)22/h8-11,24H,12-13H2,1-7H3,(H,21,22). The van der Waals surface area contributed by atoms with Crippen LogP contribution >= 0.6 is 8.15 Å². The number of rotatable bonds is 9. The van der Waals surface area contributed by atoms with Gasteiger partial charge in [-0.2, -0.15) is 0 Å². The normalized spacial score (nSPS) is 13.9. The molecule has 7 heteroatoms. The number of carboxylic acid groups (broad SMARTS) is 1. The maximum atomic E-state index is 12.4. The maximum Gasteiger partial charge on any atom is 0.338 e. The minimum absolute atomic E-state index is 0.114. The Hall–Kier alpha value is -1.49. The number of carboxylic acids is 1. The van der Waals surface area contributed by atoms with E-state index in [0.29, 0.717) is 18.1 Å². The van der Waals surface area contributed by atoms with E-state index in [1.807, 2.05) is 34.4 Å². The molecular weight excluding hydrogens is 367 g/mol. The van der Waals surface area contributed by atoms with Gasteiger partial charge in [0.1, 0.15) is 5.60 Å². The van der Waals surface area contributed by atoms with Gasteiger partial charge in [0, 0.05) is 20.7 Å². The van der Waals surface area contributed by atoms with Crippen molar-refractivity contribution in [1.29, 1.82) is 0 Å². The molecule has 1 rings (SSSR count). The topological polar surface area (TPSA) is 93.1 Å². The summed E-state index contributed by atoms with van der Waals surface area (Å²) in [5, 5.41) is 18.9. The molecule has 152 valence electrons. The number of benzene rings is 1. The highest BCUT2D eigenvalue weighted by molar-refractivity contribution is 7.51. The first-order chi connectivity index (χ1) is 12.1. The molecule has 0 aliphatic heterocycles. The Bertz CT molecular complexity index is 658. The average molecular weight is 398 g/mol. The zero-order chi connectivity index (χ0) is 21.0. The number of hydrogen-bond acceptors (Lipinski definition) is 5. The van der Waals surface area contributed by atoms with Crippen molar-refractivity contribution in [1.82, 2.24) is 0 Å². The molecule has 0 amide bonds. The van der Waals surface area contributed by atoms with Gasteiger partial charge < -0.3 is 19.5 Å². The summed E-state index contributed by atoms with van der Waals surface area (Å²) in [5.41, 5.74) is -1.70. The molecule has 1 unspecified atom stereocenters. The van der Waals surface area contributed by atoms with E-state index in [-0.39, 0.29) is 5.56 Å². The molecule has 1 aromatic rings. The number of esters is 1. The second-order valence-electron chi connectivity index (χ2n) is 8.66. The fourth-order valence-electron chi connectivity index (χ4n) is 3.15. The van der Waals surface area contributed by atoms with E-state index in [0.717, 1.165) is 0 Å². The summed E-state index contributed by atoms with van der Waals surface area (Å²) >= 11 is 0. The second-order valence-corrected chi connectivity index (χ2v) is 10.4. The van der Waals surface area contributed by atoms with Crippen LogP contribution in [0.4, 0.5) is 0 Å². The van der Waals surface area contributed by atoms with Crippen LogP contribution in [0.1, 0.15) is 68.7 Å². The number of aliphatic hydroxyl groups is 1. The Morgan fingerprint density at radius 2 is 1.44 bits per heavy atom. The van der Waals surface area contributed by atoms with Crippen molar-refractivity contribution in [3.05, 3.63) is 35.4 Å². The molecule has 0 heterocycles. The van der Waals surface area contributed by atoms with E-state index in [9.17, 15) is 14.7 Å². The van der Waals surface area contributed by atoms with Gasteiger partial charge in [-0.05, 0) is 72.5 Å². The molecule has 2 N–H and O–H groups in total. The number of hydrogen-bond donors (Lipinski definition) is 2. The van der Waals surface area contributed by atoms with Crippen LogP contribution in [-0.4, -0.2) is 51.8 Å². The molecule has 1 atom stereocenters. The molecule has 0 radical (unpaired) electrons. The molecular formula is C20H31O6P. The molecule has 0 bridgehead atoms. The van der Waals surface area contributed by atoms with E-state index in [4.69, 9.17) is 14.4 Å². The third-order valence-electron chi connectivity index (χ3n) is 3.60. The second kappa shape index (κ2) is 8.68. The lowest BCUT2D eigenvalue weighted by molar-refractivity contribution is -0.0362.